The number of halogens is 6. The molecule has 0 atom stereocenters. The summed E-state index contributed by atoms with van der Waals surface area (Å²) in [4.78, 5) is 0. The Morgan fingerprint density at radius 3 is 1.10 bits per heavy atom. The van der Waals surface area contributed by atoms with E-state index in [0.29, 0.717) is 0 Å². The van der Waals surface area contributed by atoms with Crippen molar-refractivity contribution in [2.75, 3.05) is 0 Å². The average molecular weight is 352 g/mol. The van der Waals surface area contributed by atoms with Crippen LogP contribution in [0.2, 0.25) is 0 Å². The second kappa shape index (κ2) is 1.89. The van der Waals surface area contributed by atoms with Crippen LogP contribution in [0.25, 0.3) is 0 Å². The Kier molecular flexibility index (Phi) is 2.33. The van der Waals surface area contributed by atoms with Crippen molar-refractivity contribution in [3.8, 4) is 0 Å². The molecule has 0 bridgehead atoms. The molecular weight excluding hydrogens is 352 g/mol. The van der Waals surface area contributed by atoms with Crippen LogP contribution in [0.15, 0.2) is 0 Å². The van der Waals surface area contributed by atoms with Crippen molar-refractivity contribution < 1.29 is 19.5 Å². The topological polar surface area (TPSA) is 35.5 Å². The zero-order valence-corrected chi connectivity index (χ0v) is 11.0. The van der Waals surface area contributed by atoms with Gasteiger partial charge in [0.05, 0.1) is 0 Å². The molecular formula is Cl6O3Zr. The zero-order valence-electron chi connectivity index (χ0n) is 3.99. The third kappa shape index (κ3) is 4.39. The molecule has 0 saturated carbocycles. The summed E-state index contributed by atoms with van der Waals surface area (Å²) in [5.41, 5.74) is 0. The molecule has 0 fully saturated rings. The van der Waals surface area contributed by atoms with Crippen LogP contribution in [0, 0.1) is 0 Å². The quantitative estimate of drug-likeness (QED) is 0.757. The molecule has 10 heavy (non-hydrogen) atoms. The van der Waals surface area contributed by atoms with Gasteiger partial charge in [-0.1, -0.05) is 0 Å². The molecule has 0 aliphatic rings. The molecule has 0 N–H and O–H groups in total. The summed E-state index contributed by atoms with van der Waals surface area (Å²) >= 11 is 1.28. The van der Waals surface area contributed by atoms with E-state index < -0.39 is 11.9 Å². The van der Waals surface area contributed by atoms with Crippen molar-refractivity contribution in [1.82, 2.24) is 0 Å². The summed E-state index contributed by atoms with van der Waals surface area (Å²) in [5.74, 6) is 0. The Labute approximate surface area is 76.2 Å². The van der Waals surface area contributed by atoms with Crippen LogP contribution >= 0.6 is 57.8 Å². The minimum atomic E-state index is -7.83. The molecule has 64 valence electrons. The van der Waals surface area contributed by atoms with Gasteiger partial charge < -0.3 is 0 Å². The van der Waals surface area contributed by atoms with Crippen LogP contribution in [0.3, 0.4) is 0 Å². The van der Waals surface area contributed by atoms with Gasteiger partial charge in [0.15, 0.2) is 0 Å². The predicted octanol–water partition coefficient (Wildman–Crippen LogP) is 3.88. The summed E-state index contributed by atoms with van der Waals surface area (Å²) < 4.78 is 18.0. The van der Waals surface area contributed by atoms with Gasteiger partial charge in [0.25, 0.3) is 0 Å². The standard InChI is InChI=1S/2ClO.4ClH.O.Zr/c2*1-2;;;;;;/h;;4*1H;;/q2*-1;;;;;;+6/p-4. The van der Waals surface area contributed by atoms with Crippen molar-refractivity contribution in [1.29, 1.82) is 0 Å². The molecule has 0 aromatic rings. The van der Waals surface area contributed by atoms with Gasteiger partial charge in [-0.25, -0.2) is 0 Å². The molecule has 0 aromatic heterocycles. The minimum absolute atomic E-state index is 3.46. The summed E-state index contributed by atoms with van der Waals surface area (Å²) in [7, 11) is 19.6. The van der Waals surface area contributed by atoms with Crippen molar-refractivity contribution in [3.63, 3.8) is 0 Å². The van der Waals surface area contributed by atoms with E-state index in [0.717, 1.165) is 0 Å². The fraction of sp³-hybridized carbons (Fsp3) is 0. The Morgan fingerprint density at radius 1 is 0.900 bits per heavy atom. The molecule has 0 amide bonds. The molecule has 0 saturated heterocycles. The van der Waals surface area contributed by atoms with Crippen LogP contribution in [-0.4, -0.2) is 0 Å². The van der Waals surface area contributed by atoms with Crippen LogP contribution in [0.5, 0.6) is 0 Å². The fourth-order valence-electron chi connectivity index (χ4n) is 0.0119. The van der Waals surface area contributed by atoms with E-state index in [2.05, 4.69) is 28.5 Å². The number of hydrogen-bond donors (Lipinski definition) is 0. The number of rotatable bonds is 2. The van der Waals surface area contributed by atoms with E-state index >= 15 is 0 Å². The number of hydrogen-bond acceptors (Lipinski definition) is 3. The fourth-order valence-corrected chi connectivity index (χ4v) is 0.634. The maximum absolute atomic E-state index is 11.1. The maximum atomic E-state index is 11.1. The Balaban J connectivity index is 5.58. The molecule has 0 spiro atoms. The Morgan fingerprint density at radius 2 is 1.10 bits per heavy atom. The van der Waals surface area contributed by atoms with Gasteiger partial charge in [0.1, 0.15) is 0 Å². The van der Waals surface area contributed by atoms with Crippen molar-refractivity contribution in [2.45, 2.75) is 0 Å². The normalized spacial score (nSPS) is 24.0. The zero-order chi connectivity index (χ0) is 8.79. The summed E-state index contributed by atoms with van der Waals surface area (Å²) in [6.45, 7) is 0. The van der Waals surface area contributed by atoms with E-state index in [4.69, 9.17) is 34.1 Å². The summed E-state index contributed by atoms with van der Waals surface area (Å²) in [6, 6.07) is 0. The van der Waals surface area contributed by atoms with Gasteiger partial charge in [-0.15, -0.1) is 0 Å². The second-order valence-electron chi connectivity index (χ2n) is 1.76. The first kappa shape index (κ1) is 12.3. The monoisotopic (exact) mass is 348 g/mol. The SMILES string of the molecule is [O]=[Zr]([Cl])([Cl])([Cl])([Cl])([O]Cl)[O]Cl. The van der Waals surface area contributed by atoms with Gasteiger partial charge in [-0.05, 0) is 0 Å². The molecule has 10 heteroatoms. The molecule has 0 heterocycles. The van der Waals surface area contributed by atoms with Crippen LogP contribution in [0.4, 0.5) is 0 Å². The second-order valence-corrected chi connectivity index (χ2v) is 43.5. The molecule has 0 aliphatic heterocycles. The van der Waals surface area contributed by atoms with Gasteiger partial charge in [0.2, 0.25) is 0 Å². The summed E-state index contributed by atoms with van der Waals surface area (Å²) in [6.07, 6.45) is 0. The molecule has 0 aromatic carbocycles. The van der Waals surface area contributed by atoms with Gasteiger partial charge in [-0.2, -0.15) is 0 Å². The van der Waals surface area contributed by atoms with Gasteiger partial charge >= 0.3 is 77.3 Å². The van der Waals surface area contributed by atoms with Crippen molar-refractivity contribution >= 4 is 57.8 Å². The van der Waals surface area contributed by atoms with Crippen LogP contribution in [0.1, 0.15) is 0 Å². The third-order valence-corrected chi connectivity index (χ3v) is 14.7. The predicted molar refractivity (Wildman–Crippen MR) is 38.0 cm³/mol. The third-order valence-electron chi connectivity index (χ3n) is 0.359. The van der Waals surface area contributed by atoms with E-state index in [1.165, 1.54) is 0 Å². The Hall–Kier alpha value is 2.34. The first-order valence-electron chi connectivity index (χ1n) is 1.68. The van der Waals surface area contributed by atoms with Gasteiger partial charge in [-0.3, -0.25) is 0 Å². The molecule has 0 rings (SSSR count). The van der Waals surface area contributed by atoms with E-state index in [1.807, 2.05) is 0 Å². The van der Waals surface area contributed by atoms with Crippen LogP contribution in [-0.2, 0) is 19.5 Å². The van der Waals surface area contributed by atoms with Gasteiger partial charge in [0, 0.05) is 0 Å². The molecule has 0 unspecified atom stereocenters. The van der Waals surface area contributed by atoms with Crippen LogP contribution < -0.4 is 0 Å². The first-order valence-corrected chi connectivity index (χ1v) is 18.0. The Bertz CT molecular complexity index is 234. The van der Waals surface area contributed by atoms with Crippen molar-refractivity contribution in [2.24, 2.45) is 0 Å². The molecule has 0 radical (unpaired) electrons. The van der Waals surface area contributed by atoms with Crippen molar-refractivity contribution in [3.05, 3.63) is 0 Å². The van der Waals surface area contributed by atoms with E-state index in [-0.39, 0.29) is 0 Å². The molecule has 3 nitrogen and oxygen atoms in total. The first-order chi connectivity index (χ1) is 3.84. The molecule has 0 aliphatic carbocycles. The summed E-state index contributed by atoms with van der Waals surface area (Å²) in [5, 5.41) is 0. The average Bonchev–Trinajstić information content (AvgIpc) is 1.66. The van der Waals surface area contributed by atoms with E-state index in [1.54, 1.807) is 0 Å². The van der Waals surface area contributed by atoms with E-state index in [9.17, 15) is 2.81 Å².